The van der Waals surface area contributed by atoms with E-state index < -0.39 is 5.82 Å². The van der Waals surface area contributed by atoms with E-state index in [1.54, 1.807) is 23.6 Å². The summed E-state index contributed by atoms with van der Waals surface area (Å²) in [4.78, 5) is 28.4. The summed E-state index contributed by atoms with van der Waals surface area (Å²) in [5, 5.41) is 7.93. The van der Waals surface area contributed by atoms with Crippen LogP contribution in [0.5, 0.6) is 5.75 Å². The molecular weight excluding hydrogens is 417 g/mol. The molecule has 0 radical (unpaired) electrons. The van der Waals surface area contributed by atoms with Gasteiger partial charge in [-0.15, -0.1) is 11.3 Å². The minimum absolute atomic E-state index is 0.0436. The first-order chi connectivity index (χ1) is 14.6. The van der Waals surface area contributed by atoms with Crippen molar-refractivity contribution >= 4 is 23.2 Å². The summed E-state index contributed by atoms with van der Waals surface area (Å²) in [6.45, 7) is 9.66. The van der Waals surface area contributed by atoms with Crippen LogP contribution in [0.3, 0.4) is 0 Å². The van der Waals surface area contributed by atoms with Crippen LogP contribution in [0.1, 0.15) is 62.5 Å². The summed E-state index contributed by atoms with van der Waals surface area (Å²) in [7, 11) is 0. The largest absolute Gasteiger partial charge is 0.483 e. The third-order valence-electron chi connectivity index (χ3n) is 4.43. The molecule has 2 N–H and O–H groups in total. The Morgan fingerprint density at radius 3 is 2.61 bits per heavy atom. The fraction of sp³-hybridized carbons (Fsp3) is 0.522. The number of thiazole rings is 1. The standard InChI is InChI=1S/C23H32FN3O3S/c1-16(13-23(2,3)4)12-20(28)25-10-7-11-26-22(29)18-15-31-21(27-18)14-30-19-9-6-5-8-17(19)24/h5-6,8-9,15-16H,7,10-14H2,1-4H3,(H,25,28)(H,26,29). The summed E-state index contributed by atoms with van der Waals surface area (Å²) >= 11 is 1.28. The average Bonchev–Trinajstić information content (AvgIpc) is 3.14. The van der Waals surface area contributed by atoms with E-state index in [4.69, 9.17) is 4.74 Å². The Morgan fingerprint density at radius 2 is 1.90 bits per heavy atom. The molecular formula is C23H32FN3O3S. The SMILES string of the molecule is CC(CC(=O)NCCCNC(=O)c1csc(COc2ccccc2F)n1)CC(C)(C)C. The minimum Gasteiger partial charge on any atom is -0.483 e. The Hall–Kier alpha value is -2.48. The number of hydrogen-bond donors (Lipinski definition) is 2. The van der Waals surface area contributed by atoms with Gasteiger partial charge in [-0.25, -0.2) is 9.37 Å². The van der Waals surface area contributed by atoms with Gasteiger partial charge in [-0.3, -0.25) is 9.59 Å². The number of halogens is 1. The topological polar surface area (TPSA) is 80.3 Å². The highest BCUT2D eigenvalue weighted by Crippen LogP contribution is 2.25. The molecule has 0 saturated heterocycles. The van der Waals surface area contributed by atoms with Crippen molar-refractivity contribution in [1.29, 1.82) is 0 Å². The van der Waals surface area contributed by atoms with Crippen molar-refractivity contribution in [2.24, 2.45) is 11.3 Å². The molecule has 8 heteroatoms. The number of nitrogens with zero attached hydrogens (tertiary/aromatic N) is 1. The number of amides is 2. The van der Waals surface area contributed by atoms with Gasteiger partial charge in [-0.05, 0) is 36.3 Å². The molecule has 2 rings (SSSR count). The zero-order valence-electron chi connectivity index (χ0n) is 18.7. The van der Waals surface area contributed by atoms with Crippen LogP contribution in [0.2, 0.25) is 0 Å². The summed E-state index contributed by atoms with van der Waals surface area (Å²) in [6, 6.07) is 6.15. The van der Waals surface area contributed by atoms with E-state index in [1.165, 1.54) is 17.4 Å². The van der Waals surface area contributed by atoms with Crippen LogP contribution in [0.4, 0.5) is 4.39 Å². The second-order valence-electron chi connectivity index (χ2n) is 8.88. The van der Waals surface area contributed by atoms with E-state index in [1.807, 2.05) is 0 Å². The van der Waals surface area contributed by atoms with Gasteiger partial charge in [0.2, 0.25) is 5.91 Å². The molecule has 6 nitrogen and oxygen atoms in total. The Kier molecular flexibility index (Phi) is 9.43. The first-order valence-electron chi connectivity index (χ1n) is 10.5. The Morgan fingerprint density at radius 1 is 1.19 bits per heavy atom. The molecule has 170 valence electrons. The first kappa shape index (κ1) is 24.8. The maximum atomic E-state index is 13.6. The molecule has 0 aliphatic heterocycles. The van der Waals surface area contributed by atoms with E-state index >= 15 is 0 Å². The summed E-state index contributed by atoms with van der Waals surface area (Å²) < 4.78 is 19.0. The van der Waals surface area contributed by atoms with Crippen molar-refractivity contribution in [2.45, 2.75) is 53.6 Å². The Balaban J connectivity index is 1.63. The lowest BCUT2D eigenvalue weighted by atomic mass is 9.84. The number of hydrogen-bond acceptors (Lipinski definition) is 5. The summed E-state index contributed by atoms with van der Waals surface area (Å²) in [5.74, 6) is -0.187. The van der Waals surface area contributed by atoms with Crippen molar-refractivity contribution < 1.29 is 18.7 Å². The van der Waals surface area contributed by atoms with E-state index in [9.17, 15) is 14.0 Å². The molecule has 2 amide bonds. The van der Waals surface area contributed by atoms with Crippen LogP contribution in [-0.2, 0) is 11.4 Å². The fourth-order valence-electron chi connectivity index (χ4n) is 3.30. The van der Waals surface area contributed by atoms with Gasteiger partial charge in [0.05, 0.1) is 0 Å². The molecule has 1 aromatic carbocycles. The van der Waals surface area contributed by atoms with Crippen LogP contribution in [0.25, 0.3) is 0 Å². The molecule has 0 fully saturated rings. The molecule has 1 atom stereocenters. The van der Waals surface area contributed by atoms with E-state index in [0.29, 0.717) is 42.6 Å². The number of carbonyl (C=O) groups is 2. The third kappa shape index (κ3) is 9.46. The maximum absolute atomic E-state index is 13.6. The zero-order valence-corrected chi connectivity index (χ0v) is 19.5. The predicted octanol–water partition coefficient (Wildman–Crippen LogP) is 4.56. The van der Waals surface area contributed by atoms with Crippen LogP contribution in [-0.4, -0.2) is 29.9 Å². The highest BCUT2D eigenvalue weighted by atomic mass is 32.1. The summed E-state index contributed by atoms with van der Waals surface area (Å²) in [6.07, 6.45) is 2.15. The number of para-hydroxylation sites is 1. The van der Waals surface area contributed by atoms with Crippen LogP contribution < -0.4 is 15.4 Å². The van der Waals surface area contributed by atoms with Crippen molar-refractivity contribution in [2.75, 3.05) is 13.1 Å². The van der Waals surface area contributed by atoms with E-state index in [-0.39, 0.29) is 29.6 Å². The third-order valence-corrected chi connectivity index (χ3v) is 5.25. The molecule has 0 saturated carbocycles. The minimum atomic E-state index is -0.437. The number of benzene rings is 1. The lowest BCUT2D eigenvalue weighted by Crippen LogP contribution is -2.31. The van der Waals surface area contributed by atoms with E-state index in [0.717, 1.165) is 6.42 Å². The van der Waals surface area contributed by atoms with Gasteiger partial charge in [-0.2, -0.15) is 0 Å². The van der Waals surface area contributed by atoms with Gasteiger partial charge in [-0.1, -0.05) is 39.8 Å². The molecule has 0 aliphatic carbocycles. The Bertz CT molecular complexity index is 864. The molecule has 1 unspecified atom stereocenters. The first-order valence-corrected chi connectivity index (χ1v) is 11.4. The maximum Gasteiger partial charge on any atom is 0.270 e. The van der Waals surface area contributed by atoms with Gasteiger partial charge in [0.25, 0.3) is 5.91 Å². The van der Waals surface area contributed by atoms with Crippen molar-refractivity contribution in [3.05, 3.63) is 46.2 Å². The number of rotatable bonds is 11. The highest BCUT2D eigenvalue weighted by Gasteiger charge is 2.17. The van der Waals surface area contributed by atoms with E-state index in [2.05, 4.69) is 43.3 Å². The molecule has 1 aromatic heterocycles. The van der Waals surface area contributed by atoms with Crippen molar-refractivity contribution in [3.63, 3.8) is 0 Å². The molecule has 1 heterocycles. The molecule has 31 heavy (non-hydrogen) atoms. The molecule has 2 aromatic rings. The number of carbonyl (C=O) groups excluding carboxylic acids is 2. The smallest absolute Gasteiger partial charge is 0.270 e. The second-order valence-corrected chi connectivity index (χ2v) is 9.82. The molecule has 0 bridgehead atoms. The van der Waals surface area contributed by atoms with Gasteiger partial charge >= 0.3 is 0 Å². The van der Waals surface area contributed by atoms with Crippen LogP contribution in [0.15, 0.2) is 29.6 Å². The number of nitrogens with one attached hydrogen (secondary N) is 2. The fourth-order valence-corrected chi connectivity index (χ4v) is 3.98. The monoisotopic (exact) mass is 449 g/mol. The summed E-state index contributed by atoms with van der Waals surface area (Å²) in [5.41, 5.74) is 0.515. The van der Waals surface area contributed by atoms with Gasteiger partial charge < -0.3 is 15.4 Å². The van der Waals surface area contributed by atoms with Crippen molar-refractivity contribution in [3.8, 4) is 5.75 Å². The van der Waals surface area contributed by atoms with Crippen LogP contribution in [0, 0.1) is 17.2 Å². The molecule has 0 spiro atoms. The zero-order chi connectivity index (χ0) is 22.9. The predicted molar refractivity (Wildman–Crippen MR) is 121 cm³/mol. The van der Waals surface area contributed by atoms with Gasteiger partial charge in [0, 0.05) is 24.9 Å². The Labute approximate surface area is 187 Å². The second kappa shape index (κ2) is 11.8. The lowest BCUT2D eigenvalue weighted by molar-refractivity contribution is -0.122. The van der Waals surface area contributed by atoms with Gasteiger partial charge in [0.15, 0.2) is 11.6 Å². The average molecular weight is 450 g/mol. The normalized spacial score (nSPS) is 12.3. The lowest BCUT2D eigenvalue weighted by Gasteiger charge is -2.22. The van der Waals surface area contributed by atoms with Gasteiger partial charge in [0.1, 0.15) is 17.3 Å². The highest BCUT2D eigenvalue weighted by molar-refractivity contribution is 7.09. The quantitative estimate of drug-likeness (QED) is 0.493. The van der Waals surface area contributed by atoms with Crippen LogP contribution >= 0.6 is 11.3 Å². The number of aromatic nitrogens is 1. The number of ether oxygens (including phenoxy) is 1. The van der Waals surface area contributed by atoms with Crippen molar-refractivity contribution in [1.82, 2.24) is 15.6 Å². The molecule has 0 aliphatic rings.